The Labute approximate surface area is 125 Å². The lowest BCUT2D eigenvalue weighted by Gasteiger charge is -2.15. The molecule has 1 atom stereocenters. The molecule has 1 aliphatic heterocycles. The van der Waals surface area contributed by atoms with E-state index in [2.05, 4.69) is 15.2 Å². The highest BCUT2D eigenvalue weighted by Gasteiger charge is 2.36. The van der Waals surface area contributed by atoms with Gasteiger partial charge in [0.2, 0.25) is 11.8 Å². The van der Waals surface area contributed by atoms with Crippen LogP contribution in [-0.4, -0.2) is 27.6 Å². The first-order chi connectivity index (χ1) is 9.44. The molecule has 3 heterocycles. The molecule has 0 radical (unpaired) electrons. The summed E-state index contributed by atoms with van der Waals surface area (Å²) in [5.41, 5.74) is 0.594. The van der Waals surface area contributed by atoms with Crippen molar-refractivity contribution in [1.29, 1.82) is 0 Å². The van der Waals surface area contributed by atoms with Crippen LogP contribution < -0.4 is 0 Å². The summed E-state index contributed by atoms with van der Waals surface area (Å²) in [5.74, 6) is 0.0146. The second kappa shape index (κ2) is 4.96. The van der Waals surface area contributed by atoms with Crippen LogP contribution in [-0.2, 0) is 9.47 Å². The molecule has 1 saturated heterocycles. The minimum absolute atomic E-state index is 0.226. The maximum absolute atomic E-state index is 5.91. The molecule has 2 aromatic rings. The molecule has 20 heavy (non-hydrogen) atoms. The summed E-state index contributed by atoms with van der Waals surface area (Å²) in [4.78, 5) is 3.93. The van der Waals surface area contributed by atoms with E-state index in [1.165, 1.54) is 6.20 Å². The molecule has 0 amide bonds. The molecular formula is C12H11Cl2N3O3. The van der Waals surface area contributed by atoms with Gasteiger partial charge in [-0.1, -0.05) is 23.2 Å². The summed E-state index contributed by atoms with van der Waals surface area (Å²) in [5, 5.41) is 8.47. The van der Waals surface area contributed by atoms with E-state index in [1.54, 1.807) is 6.07 Å². The molecule has 0 aromatic carbocycles. The second-order valence-corrected chi connectivity index (χ2v) is 5.52. The summed E-state index contributed by atoms with van der Waals surface area (Å²) in [6.45, 7) is 4.02. The SMILES string of the molecule is CC1(C)OCC(c2nnc(-c3cnc(Cl)c(Cl)c3)o2)O1. The average Bonchev–Trinajstić information content (AvgIpc) is 2.99. The van der Waals surface area contributed by atoms with Gasteiger partial charge >= 0.3 is 0 Å². The van der Waals surface area contributed by atoms with Gasteiger partial charge in [0.1, 0.15) is 5.15 Å². The van der Waals surface area contributed by atoms with Crippen molar-refractivity contribution in [3.8, 4) is 11.5 Å². The Morgan fingerprint density at radius 2 is 2.10 bits per heavy atom. The Balaban J connectivity index is 1.85. The number of hydrogen-bond acceptors (Lipinski definition) is 6. The lowest BCUT2D eigenvalue weighted by atomic mass is 10.3. The Morgan fingerprint density at radius 3 is 2.75 bits per heavy atom. The zero-order valence-corrected chi connectivity index (χ0v) is 12.3. The maximum atomic E-state index is 5.91. The summed E-state index contributed by atoms with van der Waals surface area (Å²) in [6, 6.07) is 1.62. The zero-order valence-electron chi connectivity index (χ0n) is 10.8. The highest BCUT2D eigenvalue weighted by molar-refractivity contribution is 6.41. The van der Waals surface area contributed by atoms with Gasteiger partial charge in [-0.25, -0.2) is 4.98 Å². The van der Waals surface area contributed by atoms with Gasteiger partial charge in [0.05, 0.1) is 17.2 Å². The first kappa shape index (κ1) is 13.8. The molecular weight excluding hydrogens is 305 g/mol. The number of hydrogen-bond donors (Lipinski definition) is 0. The smallest absolute Gasteiger partial charge is 0.249 e. The summed E-state index contributed by atoms with van der Waals surface area (Å²) in [7, 11) is 0. The standard InChI is InChI=1S/C12H11Cl2N3O3/c1-12(2)18-5-8(20-12)11-17-16-10(19-11)6-3-7(13)9(14)15-4-6/h3-4,8H,5H2,1-2H3. The van der Waals surface area contributed by atoms with Crippen LogP contribution in [0.25, 0.3) is 11.5 Å². The van der Waals surface area contributed by atoms with Crippen molar-refractivity contribution >= 4 is 23.2 Å². The van der Waals surface area contributed by atoms with E-state index in [1.807, 2.05) is 13.8 Å². The molecule has 0 bridgehead atoms. The fourth-order valence-corrected chi connectivity index (χ4v) is 2.10. The quantitative estimate of drug-likeness (QED) is 0.792. The van der Waals surface area contributed by atoms with E-state index in [0.717, 1.165) is 0 Å². The van der Waals surface area contributed by atoms with Gasteiger partial charge in [-0.2, -0.15) is 0 Å². The molecule has 8 heteroatoms. The molecule has 106 valence electrons. The molecule has 2 aromatic heterocycles. The highest BCUT2D eigenvalue weighted by Crippen LogP contribution is 2.33. The van der Waals surface area contributed by atoms with Crippen molar-refractivity contribution in [3.63, 3.8) is 0 Å². The van der Waals surface area contributed by atoms with Gasteiger partial charge in [0, 0.05) is 6.20 Å². The maximum Gasteiger partial charge on any atom is 0.249 e. The van der Waals surface area contributed by atoms with Crippen molar-refractivity contribution in [3.05, 3.63) is 28.3 Å². The second-order valence-electron chi connectivity index (χ2n) is 4.76. The topological polar surface area (TPSA) is 70.3 Å². The van der Waals surface area contributed by atoms with Gasteiger partial charge in [-0.15, -0.1) is 10.2 Å². The van der Waals surface area contributed by atoms with E-state index < -0.39 is 5.79 Å². The molecule has 3 rings (SSSR count). The van der Waals surface area contributed by atoms with E-state index in [4.69, 9.17) is 37.1 Å². The fraction of sp³-hybridized carbons (Fsp3) is 0.417. The fourth-order valence-electron chi connectivity index (χ4n) is 1.83. The van der Waals surface area contributed by atoms with Crippen LogP contribution in [0, 0.1) is 0 Å². The normalized spacial score (nSPS) is 21.3. The molecule has 0 aliphatic carbocycles. The predicted molar refractivity (Wildman–Crippen MR) is 71.4 cm³/mol. The predicted octanol–water partition coefficient (Wildman–Crippen LogP) is 3.26. The number of pyridine rings is 1. The number of halogens is 2. The van der Waals surface area contributed by atoms with Crippen LogP contribution in [0.2, 0.25) is 10.2 Å². The highest BCUT2D eigenvalue weighted by atomic mass is 35.5. The number of ether oxygens (including phenoxy) is 2. The largest absolute Gasteiger partial charge is 0.418 e. The van der Waals surface area contributed by atoms with Crippen molar-refractivity contribution in [2.45, 2.75) is 25.7 Å². The minimum atomic E-state index is -0.648. The van der Waals surface area contributed by atoms with Gasteiger partial charge in [-0.3, -0.25) is 0 Å². The molecule has 6 nitrogen and oxygen atoms in total. The van der Waals surface area contributed by atoms with Crippen LogP contribution in [0.3, 0.4) is 0 Å². The molecule has 0 N–H and O–H groups in total. The number of rotatable bonds is 2. The Kier molecular flexibility index (Phi) is 3.41. The van der Waals surface area contributed by atoms with Crippen LogP contribution in [0.4, 0.5) is 0 Å². The first-order valence-electron chi connectivity index (χ1n) is 5.91. The minimum Gasteiger partial charge on any atom is -0.418 e. The van der Waals surface area contributed by atoms with Crippen molar-refractivity contribution in [2.24, 2.45) is 0 Å². The Bertz CT molecular complexity index is 645. The third kappa shape index (κ3) is 2.64. The number of aromatic nitrogens is 3. The zero-order chi connectivity index (χ0) is 14.3. The van der Waals surface area contributed by atoms with Crippen LogP contribution in [0.5, 0.6) is 0 Å². The summed E-state index contributed by atoms with van der Waals surface area (Å²) < 4.78 is 16.7. The summed E-state index contributed by atoms with van der Waals surface area (Å²) in [6.07, 6.45) is 1.14. The van der Waals surface area contributed by atoms with Crippen LogP contribution >= 0.6 is 23.2 Å². The third-order valence-electron chi connectivity index (χ3n) is 2.77. The molecule has 0 saturated carbocycles. The van der Waals surface area contributed by atoms with Gasteiger partial charge < -0.3 is 13.9 Å². The molecule has 0 spiro atoms. The van der Waals surface area contributed by atoms with E-state index in [9.17, 15) is 0 Å². The lowest BCUT2D eigenvalue weighted by Crippen LogP contribution is -2.19. The van der Waals surface area contributed by atoms with Crippen molar-refractivity contribution in [1.82, 2.24) is 15.2 Å². The van der Waals surface area contributed by atoms with Gasteiger partial charge in [-0.05, 0) is 19.9 Å². The molecule has 1 fully saturated rings. The summed E-state index contributed by atoms with van der Waals surface area (Å²) >= 11 is 11.7. The van der Waals surface area contributed by atoms with Crippen LogP contribution in [0.15, 0.2) is 16.7 Å². The average molecular weight is 316 g/mol. The first-order valence-corrected chi connectivity index (χ1v) is 6.67. The van der Waals surface area contributed by atoms with Crippen molar-refractivity contribution in [2.75, 3.05) is 6.61 Å². The Hall–Kier alpha value is -1.21. The van der Waals surface area contributed by atoms with Crippen molar-refractivity contribution < 1.29 is 13.9 Å². The molecule has 1 aliphatic rings. The van der Waals surface area contributed by atoms with Gasteiger partial charge in [0.25, 0.3) is 0 Å². The van der Waals surface area contributed by atoms with E-state index >= 15 is 0 Å². The molecule has 1 unspecified atom stereocenters. The van der Waals surface area contributed by atoms with E-state index in [0.29, 0.717) is 29.0 Å². The van der Waals surface area contributed by atoms with E-state index in [-0.39, 0.29) is 11.3 Å². The van der Waals surface area contributed by atoms with Gasteiger partial charge in [0.15, 0.2) is 11.9 Å². The third-order valence-corrected chi connectivity index (χ3v) is 3.45. The lowest BCUT2D eigenvalue weighted by molar-refractivity contribution is -0.141. The van der Waals surface area contributed by atoms with Crippen LogP contribution in [0.1, 0.15) is 25.8 Å². The Morgan fingerprint density at radius 1 is 1.30 bits per heavy atom. The monoisotopic (exact) mass is 315 g/mol. The number of nitrogens with zero attached hydrogens (tertiary/aromatic N) is 3.